The van der Waals surface area contributed by atoms with Crippen molar-refractivity contribution in [3.63, 3.8) is 0 Å². The first-order chi connectivity index (χ1) is 10.8. The maximum atomic E-state index is 12.2. The third-order valence-electron chi connectivity index (χ3n) is 3.13. The predicted octanol–water partition coefficient (Wildman–Crippen LogP) is 4.06. The van der Waals surface area contributed by atoms with Crippen molar-refractivity contribution in [2.75, 3.05) is 14.2 Å². The summed E-state index contributed by atoms with van der Waals surface area (Å²) in [5, 5.41) is 0. The monoisotopic (exact) mass is 350 g/mol. The van der Waals surface area contributed by atoms with E-state index in [9.17, 15) is 4.79 Å². The molecule has 0 aliphatic heterocycles. The van der Waals surface area contributed by atoms with Crippen molar-refractivity contribution in [3.8, 4) is 11.5 Å². The number of methoxy groups -OCH3 is 2. The number of rotatable bonds is 4. The Kier molecular flexibility index (Phi) is 7.89. The molecule has 3 aromatic rings. The van der Waals surface area contributed by atoms with Crippen LogP contribution in [0.2, 0.25) is 0 Å². The van der Waals surface area contributed by atoms with Gasteiger partial charge in [-0.25, -0.2) is 0 Å². The molecule has 0 saturated heterocycles. The third-order valence-corrected chi connectivity index (χ3v) is 3.13. The van der Waals surface area contributed by atoms with Gasteiger partial charge in [0.25, 0.3) is 0 Å². The number of benzene rings is 1. The topological polar surface area (TPSA) is 35.5 Å². The molecule has 0 spiro atoms. The van der Waals surface area contributed by atoms with E-state index in [1.165, 1.54) is 7.11 Å². The minimum atomic E-state index is -0.0468. The van der Waals surface area contributed by atoms with Crippen LogP contribution in [0.15, 0.2) is 72.8 Å². The van der Waals surface area contributed by atoms with Crippen LogP contribution in [0, 0.1) is 0 Å². The number of hydrogen-bond donors (Lipinski definition) is 0. The van der Waals surface area contributed by atoms with Gasteiger partial charge in [-0.05, 0) is 11.6 Å². The standard InChI is InChI=1S/C14H13O3.C5H5.Fe/c1-16-11-7-8-12(13(9-11)17-2)14(15)10-5-3-4-6-10;1-2-4-5-3-1;/h3-9H,1-2H3;1-5H;/q-1;-5;. The molecule has 0 heterocycles. The van der Waals surface area contributed by atoms with Gasteiger partial charge in [-0.15, -0.1) is 12.1 Å². The Morgan fingerprint density at radius 2 is 1.52 bits per heavy atom. The Morgan fingerprint density at radius 3 is 2.00 bits per heavy atom. The van der Waals surface area contributed by atoms with E-state index >= 15 is 0 Å². The van der Waals surface area contributed by atoms with Crippen LogP contribution in [-0.2, 0) is 17.1 Å². The molecule has 0 amide bonds. The molecule has 0 radical (unpaired) electrons. The maximum absolute atomic E-state index is 12.2. The van der Waals surface area contributed by atoms with Crippen molar-refractivity contribution < 1.29 is 31.3 Å². The minimum absolute atomic E-state index is 0. The summed E-state index contributed by atoms with van der Waals surface area (Å²) in [6, 6.07) is 22.4. The zero-order chi connectivity index (χ0) is 15.8. The zero-order valence-electron chi connectivity index (χ0n) is 13.0. The average Bonchev–Trinajstić information content (AvgIpc) is 3.28. The van der Waals surface area contributed by atoms with Gasteiger partial charge in [-0.2, -0.15) is 12.1 Å². The minimum Gasteiger partial charge on any atom is -0.748 e. The maximum Gasteiger partial charge on any atom is 0.120 e. The van der Waals surface area contributed by atoms with Crippen molar-refractivity contribution >= 4 is 5.78 Å². The van der Waals surface area contributed by atoms with E-state index in [1.807, 2.05) is 42.5 Å². The van der Waals surface area contributed by atoms with Crippen LogP contribution in [0.1, 0.15) is 15.9 Å². The van der Waals surface area contributed by atoms with Crippen molar-refractivity contribution in [2.45, 2.75) is 0 Å². The molecule has 3 rings (SSSR count). The van der Waals surface area contributed by atoms with Gasteiger partial charge in [-0.1, -0.05) is 11.6 Å². The van der Waals surface area contributed by atoms with Gasteiger partial charge in [0.1, 0.15) is 11.5 Å². The van der Waals surface area contributed by atoms with Crippen molar-refractivity contribution in [1.82, 2.24) is 0 Å². The van der Waals surface area contributed by atoms with Crippen LogP contribution >= 0.6 is 0 Å². The summed E-state index contributed by atoms with van der Waals surface area (Å²) in [6.07, 6.45) is 0. The summed E-state index contributed by atoms with van der Waals surface area (Å²) in [6.45, 7) is 0. The van der Waals surface area contributed by atoms with E-state index in [4.69, 9.17) is 9.47 Å². The SMILES string of the molecule is COc1ccc(C(=O)[c-]2cccc2)c(OC)c1.[Fe].[cH-]1[cH-][cH-][cH-][cH-]1. The molecule has 0 N–H and O–H groups in total. The summed E-state index contributed by atoms with van der Waals surface area (Å²) in [4.78, 5) is 12.2. The van der Waals surface area contributed by atoms with E-state index in [2.05, 4.69) is 0 Å². The van der Waals surface area contributed by atoms with E-state index < -0.39 is 0 Å². The smallest absolute Gasteiger partial charge is 0.120 e. The Labute approximate surface area is 147 Å². The molecule has 0 atom stereocenters. The summed E-state index contributed by atoms with van der Waals surface area (Å²) >= 11 is 0. The Bertz CT molecular complexity index is 668. The van der Waals surface area contributed by atoms with Crippen LogP contribution in [0.3, 0.4) is 0 Å². The molecule has 3 aromatic carbocycles. The van der Waals surface area contributed by atoms with Gasteiger partial charge < -0.3 is 44.6 Å². The Morgan fingerprint density at radius 1 is 0.957 bits per heavy atom. The van der Waals surface area contributed by atoms with E-state index in [0.29, 0.717) is 22.6 Å². The number of ketones is 1. The third kappa shape index (κ3) is 5.13. The molecule has 0 aliphatic carbocycles. The summed E-state index contributed by atoms with van der Waals surface area (Å²) in [5.41, 5.74) is 1.20. The van der Waals surface area contributed by atoms with Gasteiger partial charge in [0.15, 0.2) is 0 Å². The fourth-order valence-corrected chi connectivity index (χ4v) is 1.99. The quantitative estimate of drug-likeness (QED) is 0.404. The van der Waals surface area contributed by atoms with Gasteiger partial charge in [0.2, 0.25) is 0 Å². The fraction of sp³-hybridized carbons (Fsp3) is 0.105. The van der Waals surface area contributed by atoms with Crippen LogP contribution in [0.4, 0.5) is 0 Å². The first-order valence-electron chi connectivity index (χ1n) is 6.91. The molecule has 0 unspecified atom stereocenters. The molecule has 0 aliphatic rings. The summed E-state index contributed by atoms with van der Waals surface area (Å²) in [7, 11) is 3.12. The second-order valence-electron chi connectivity index (χ2n) is 4.53. The van der Waals surface area contributed by atoms with E-state index in [-0.39, 0.29) is 22.9 Å². The molecule has 126 valence electrons. The first-order valence-corrected chi connectivity index (χ1v) is 6.91. The second-order valence-corrected chi connectivity index (χ2v) is 4.53. The number of carbonyl (C=O) groups is 1. The molecule has 4 heteroatoms. The largest absolute Gasteiger partial charge is 0.748 e. The summed E-state index contributed by atoms with van der Waals surface area (Å²) in [5.74, 6) is 1.14. The number of ether oxygens (including phenoxy) is 2. The fourth-order valence-electron chi connectivity index (χ4n) is 1.99. The van der Waals surface area contributed by atoms with Crippen molar-refractivity contribution in [1.29, 1.82) is 0 Å². The van der Waals surface area contributed by atoms with E-state index in [1.54, 1.807) is 37.4 Å². The van der Waals surface area contributed by atoms with Crippen LogP contribution in [-0.4, -0.2) is 20.0 Å². The van der Waals surface area contributed by atoms with Gasteiger partial charge in [-0.3, -0.25) is 0 Å². The number of carbonyl (C=O) groups excluding carboxylic acids is 1. The Hall–Kier alpha value is -2.29. The van der Waals surface area contributed by atoms with E-state index in [0.717, 1.165) is 0 Å². The van der Waals surface area contributed by atoms with Gasteiger partial charge in [0, 0.05) is 23.1 Å². The predicted molar refractivity (Wildman–Crippen MR) is 87.0 cm³/mol. The van der Waals surface area contributed by atoms with Crippen LogP contribution < -0.4 is 9.47 Å². The molecule has 0 fully saturated rings. The molecular formula is C19H18FeO3-6. The Balaban J connectivity index is 0.000000377. The first kappa shape index (κ1) is 18.8. The van der Waals surface area contributed by atoms with Crippen molar-refractivity contribution in [2.24, 2.45) is 0 Å². The normalized spacial score (nSPS) is 9.13. The molecule has 0 aromatic heterocycles. The van der Waals surface area contributed by atoms with Crippen LogP contribution in [0.25, 0.3) is 0 Å². The number of hydrogen-bond acceptors (Lipinski definition) is 3. The average molecular weight is 350 g/mol. The summed E-state index contributed by atoms with van der Waals surface area (Å²) < 4.78 is 10.3. The molecule has 0 bridgehead atoms. The molecule has 0 saturated carbocycles. The second kappa shape index (κ2) is 9.67. The van der Waals surface area contributed by atoms with Crippen molar-refractivity contribution in [3.05, 3.63) is 83.9 Å². The zero-order valence-corrected chi connectivity index (χ0v) is 14.1. The van der Waals surface area contributed by atoms with Gasteiger partial charge in [0.05, 0.1) is 20.0 Å². The molecular weight excluding hydrogens is 332 g/mol. The molecule has 3 nitrogen and oxygen atoms in total. The van der Waals surface area contributed by atoms with Gasteiger partial charge >= 0.3 is 0 Å². The van der Waals surface area contributed by atoms with Crippen LogP contribution in [0.5, 0.6) is 11.5 Å². The molecule has 23 heavy (non-hydrogen) atoms.